The molecule has 0 saturated carbocycles. The smallest absolute Gasteiger partial charge is 0.243 e. The van der Waals surface area contributed by atoms with E-state index in [0.29, 0.717) is 0 Å². The third-order valence-electron chi connectivity index (χ3n) is 2.84. The van der Waals surface area contributed by atoms with Gasteiger partial charge in [-0.25, -0.2) is 0 Å². The van der Waals surface area contributed by atoms with Gasteiger partial charge in [0.2, 0.25) is 5.91 Å². The van der Waals surface area contributed by atoms with Crippen LogP contribution in [-0.2, 0) is 4.79 Å². The predicted octanol–water partition coefficient (Wildman–Crippen LogP) is 2.00. The van der Waals surface area contributed by atoms with E-state index in [1.807, 2.05) is 51.1 Å². The molecule has 0 spiro atoms. The van der Waals surface area contributed by atoms with Gasteiger partial charge >= 0.3 is 0 Å². The molecule has 82 valence electrons. The van der Waals surface area contributed by atoms with E-state index in [0.717, 1.165) is 5.69 Å². The number of para-hydroxylation sites is 1. The molecule has 1 rings (SSSR count). The second kappa shape index (κ2) is 4.34. The molecular formula is C12H18N2O. The molecular weight excluding hydrogens is 188 g/mol. The minimum absolute atomic E-state index is 0.134. The van der Waals surface area contributed by atoms with E-state index in [1.165, 1.54) is 0 Å². The van der Waals surface area contributed by atoms with Crippen LogP contribution in [0.4, 0.5) is 5.69 Å². The van der Waals surface area contributed by atoms with Crippen LogP contribution < -0.4 is 11.1 Å². The molecule has 1 atom stereocenters. The summed E-state index contributed by atoms with van der Waals surface area (Å²) in [5.41, 5.74) is 5.62. The van der Waals surface area contributed by atoms with Crippen molar-refractivity contribution in [1.82, 2.24) is 0 Å². The van der Waals surface area contributed by atoms with Gasteiger partial charge in [0.05, 0.1) is 0 Å². The summed E-state index contributed by atoms with van der Waals surface area (Å²) < 4.78 is 0. The fraction of sp³-hybridized carbons (Fsp3) is 0.417. The van der Waals surface area contributed by atoms with Gasteiger partial charge < -0.3 is 11.1 Å². The van der Waals surface area contributed by atoms with Crippen LogP contribution in [0.2, 0.25) is 0 Å². The normalized spacial score (nSPS) is 14.7. The first-order valence-corrected chi connectivity index (χ1v) is 5.10. The molecule has 0 fully saturated rings. The second-order valence-electron chi connectivity index (χ2n) is 4.21. The lowest BCUT2D eigenvalue weighted by Crippen LogP contribution is -2.51. The summed E-state index contributed by atoms with van der Waals surface area (Å²) in [7, 11) is 0. The highest BCUT2D eigenvalue weighted by molar-refractivity contribution is 5.87. The fourth-order valence-corrected chi connectivity index (χ4v) is 1.31. The van der Waals surface area contributed by atoms with Crippen LogP contribution in [0.5, 0.6) is 0 Å². The number of nitrogens with two attached hydrogens (primary N) is 1. The number of rotatable bonds is 4. The zero-order valence-electron chi connectivity index (χ0n) is 9.45. The summed E-state index contributed by atoms with van der Waals surface area (Å²) in [5, 5.41) is 3.18. The zero-order chi connectivity index (χ0) is 11.5. The average Bonchev–Trinajstić information content (AvgIpc) is 2.18. The Morgan fingerprint density at radius 1 is 1.33 bits per heavy atom. The lowest BCUT2D eigenvalue weighted by molar-refractivity contribution is -0.123. The molecule has 1 aromatic carbocycles. The van der Waals surface area contributed by atoms with Crippen LogP contribution in [0.15, 0.2) is 30.3 Å². The van der Waals surface area contributed by atoms with Crippen LogP contribution in [0.25, 0.3) is 0 Å². The molecule has 0 aliphatic carbocycles. The van der Waals surface area contributed by atoms with Gasteiger partial charge in [-0.3, -0.25) is 4.79 Å². The van der Waals surface area contributed by atoms with E-state index in [-0.39, 0.29) is 11.8 Å². The molecule has 3 nitrogen and oxygen atoms in total. The summed E-state index contributed by atoms with van der Waals surface area (Å²) >= 11 is 0. The van der Waals surface area contributed by atoms with Crippen molar-refractivity contribution in [2.45, 2.75) is 26.3 Å². The Bertz CT molecular complexity index is 335. The number of anilines is 1. The molecule has 1 unspecified atom stereocenters. The maximum absolute atomic E-state index is 11.4. The number of hydrogen-bond donors (Lipinski definition) is 2. The van der Waals surface area contributed by atoms with Crippen molar-refractivity contribution in [2.75, 3.05) is 5.32 Å². The van der Waals surface area contributed by atoms with E-state index < -0.39 is 5.54 Å². The highest BCUT2D eigenvalue weighted by atomic mass is 16.1. The SMILES string of the molecule is CC(C)C(C)(Nc1ccccc1)C(N)=O. The van der Waals surface area contributed by atoms with Gasteiger partial charge in [0.25, 0.3) is 0 Å². The summed E-state index contributed by atoms with van der Waals surface area (Å²) in [4.78, 5) is 11.4. The van der Waals surface area contributed by atoms with Gasteiger partial charge in [-0.15, -0.1) is 0 Å². The summed E-state index contributed by atoms with van der Waals surface area (Å²) in [6, 6.07) is 9.61. The van der Waals surface area contributed by atoms with Crippen molar-refractivity contribution < 1.29 is 4.79 Å². The van der Waals surface area contributed by atoms with Crippen LogP contribution in [0.3, 0.4) is 0 Å². The first-order chi connectivity index (χ1) is 6.97. The average molecular weight is 206 g/mol. The predicted molar refractivity (Wildman–Crippen MR) is 62.5 cm³/mol. The Morgan fingerprint density at radius 3 is 2.27 bits per heavy atom. The van der Waals surface area contributed by atoms with Gasteiger partial charge in [0.1, 0.15) is 5.54 Å². The van der Waals surface area contributed by atoms with Crippen LogP contribution in [0, 0.1) is 5.92 Å². The molecule has 0 aromatic heterocycles. The van der Waals surface area contributed by atoms with Crippen molar-refractivity contribution in [3.63, 3.8) is 0 Å². The first-order valence-electron chi connectivity index (χ1n) is 5.10. The van der Waals surface area contributed by atoms with Crippen molar-refractivity contribution in [3.8, 4) is 0 Å². The maximum atomic E-state index is 11.4. The Labute approximate surface area is 90.7 Å². The lowest BCUT2D eigenvalue weighted by atomic mass is 9.87. The molecule has 0 heterocycles. The second-order valence-corrected chi connectivity index (χ2v) is 4.21. The number of nitrogens with one attached hydrogen (secondary N) is 1. The molecule has 3 N–H and O–H groups in total. The zero-order valence-corrected chi connectivity index (χ0v) is 9.45. The number of hydrogen-bond acceptors (Lipinski definition) is 2. The minimum Gasteiger partial charge on any atom is -0.371 e. The monoisotopic (exact) mass is 206 g/mol. The Morgan fingerprint density at radius 2 is 1.87 bits per heavy atom. The third-order valence-corrected chi connectivity index (χ3v) is 2.84. The van der Waals surface area contributed by atoms with Gasteiger partial charge in [-0.05, 0) is 25.0 Å². The molecule has 0 radical (unpaired) electrons. The number of carbonyl (C=O) groups excluding carboxylic acids is 1. The summed E-state index contributed by atoms with van der Waals surface area (Å²) in [6.45, 7) is 5.77. The number of amides is 1. The molecule has 1 aromatic rings. The Kier molecular flexibility index (Phi) is 3.35. The first kappa shape index (κ1) is 11.6. The maximum Gasteiger partial charge on any atom is 0.243 e. The molecule has 0 aliphatic rings. The number of carbonyl (C=O) groups is 1. The standard InChI is InChI=1S/C12H18N2O/c1-9(2)12(3,11(13)15)14-10-7-5-4-6-8-10/h4-9,14H,1-3H3,(H2,13,15). The van der Waals surface area contributed by atoms with Crippen LogP contribution in [0.1, 0.15) is 20.8 Å². The molecule has 0 bridgehead atoms. The Hall–Kier alpha value is -1.51. The molecule has 0 saturated heterocycles. The van der Waals surface area contributed by atoms with E-state index in [9.17, 15) is 4.79 Å². The quantitative estimate of drug-likeness (QED) is 0.791. The Balaban J connectivity index is 2.90. The highest BCUT2D eigenvalue weighted by Crippen LogP contribution is 2.22. The van der Waals surface area contributed by atoms with Gasteiger partial charge in [-0.1, -0.05) is 32.0 Å². The van der Waals surface area contributed by atoms with Crippen LogP contribution in [-0.4, -0.2) is 11.4 Å². The fourth-order valence-electron chi connectivity index (χ4n) is 1.31. The van der Waals surface area contributed by atoms with Crippen molar-refractivity contribution >= 4 is 11.6 Å². The number of benzene rings is 1. The lowest BCUT2D eigenvalue weighted by Gasteiger charge is -2.32. The number of primary amides is 1. The largest absolute Gasteiger partial charge is 0.371 e. The van der Waals surface area contributed by atoms with E-state index in [1.54, 1.807) is 0 Å². The molecule has 3 heteroatoms. The van der Waals surface area contributed by atoms with Gasteiger partial charge in [0, 0.05) is 5.69 Å². The van der Waals surface area contributed by atoms with Crippen molar-refractivity contribution in [2.24, 2.45) is 11.7 Å². The van der Waals surface area contributed by atoms with E-state index in [4.69, 9.17) is 5.73 Å². The van der Waals surface area contributed by atoms with E-state index in [2.05, 4.69) is 5.32 Å². The van der Waals surface area contributed by atoms with E-state index >= 15 is 0 Å². The molecule has 0 aliphatic heterocycles. The topological polar surface area (TPSA) is 55.1 Å². The summed E-state index contributed by atoms with van der Waals surface area (Å²) in [5.74, 6) is -0.198. The van der Waals surface area contributed by atoms with Crippen LogP contribution >= 0.6 is 0 Å². The molecule has 15 heavy (non-hydrogen) atoms. The minimum atomic E-state index is -0.707. The summed E-state index contributed by atoms with van der Waals surface area (Å²) in [6.07, 6.45) is 0. The van der Waals surface area contributed by atoms with Crippen molar-refractivity contribution in [3.05, 3.63) is 30.3 Å². The highest BCUT2D eigenvalue weighted by Gasteiger charge is 2.34. The van der Waals surface area contributed by atoms with Crippen molar-refractivity contribution in [1.29, 1.82) is 0 Å². The molecule has 1 amide bonds. The van der Waals surface area contributed by atoms with Gasteiger partial charge in [-0.2, -0.15) is 0 Å². The third kappa shape index (κ3) is 2.49. The van der Waals surface area contributed by atoms with Gasteiger partial charge in [0.15, 0.2) is 0 Å².